The first kappa shape index (κ1) is 17.2. The van der Waals surface area contributed by atoms with Crippen molar-refractivity contribution in [3.8, 4) is 0 Å². The van der Waals surface area contributed by atoms with Crippen molar-refractivity contribution in [1.29, 1.82) is 0 Å². The standard InChI is InChI=1S/C12H9F3N2O4S2/c13-9-4-5-10(12(15)11(9)14)23(20,21)17-7-2-1-3-8(6-7)22(16,18)19/h1-6,17H,(H2,16,18,19). The van der Waals surface area contributed by atoms with Crippen LogP contribution in [0.4, 0.5) is 18.9 Å². The molecular weight excluding hydrogens is 357 g/mol. The van der Waals surface area contributed by atoms with Crippen molar-refractivity contribution in [3.05, 3.63) is 53.8 Å². The zero-order chi connectivity index (χ0) is 17.4. The van der Waals surface area contributed by atoms with Crippen LogP contribution in [-0.2, 0) is 20.0 Å². The van der Waals surface area contributed by atoms with Crippen LogP contribution in [0.3, 0.4) is 0 Å². The van der Waals surface area contributed by atoms with E-state index in [1.54, 1.807) is 0 Å². The lowest BCUT2D eigenvalue weighted by atomic mass is 10.3. The molecule has 11 heteroatoms. The number of rotatable bonds is 4. The molecule has 0 aliphatic rings. The van der Waals surface area contributed by atoms with E-state index in [2.05, 4.69) is 0 Å². The second kappa shape index (κ2) is 5.83. The zero-order valence-electron chi connectivity index (χ0n) is 11.1. The number of benzene rings is 2. The van der Waals surface area contributed by atoms with E-state index in [9.17, 15) is 30.0 Å². The van der Waals surface area contributed by atoms with E-state index in [0.29, 0.717) is 12.1 Å². The molecule has 0 saturated carbocycles. The Morgan fingerprint density at radius 3 is 2.17 bits per heavy atom. The van der Waals surface area contributed by atoms with Gasteiger partial charge in [0.1, 0.15) is 4.90 Å². The number of anilines is 1. The topological polar surface area (TPSA) is 106 Å². The molecule has 0 atom stereocenters. The molecule has 124 valence electrons. The molecule has 0 fully saturated rings. The van der Waals surface area contributed by atoms with Gasteiger partial charge in [0.2, 0.25) is 10.0 Å². The van der Waals surface area contributed by atoms with Crippen molar-refractivity contribution >= 4 is 25.7 Å². The highest BCUT2D eigenvalue weighted by Crippen LogP contribution is 2.23. The van der Waals surface area contributed by atoms with Crippen LogP contribution >= 0.6 is 0 Å². The molecule has 2 rings (SSSR count). The summed E-state index contributed by atoms with van der Waals surface area (Å²) in [6, 6.07) is 5.37. The largest absolute Gasteiger partial charge is 0.279 e. The Hall–Kier alpha value is -2.11. The van der Waals surface area contributed by atoms with Crippen LogP contribution in [0.5, 0.6) is 0 Å². The third-order valence-corrected chi connectivity index (χ3v) is 5.01. The van der Waals surface area contributed by atoms with Crippen LogP contribution in [0.25, 0.3) is 0 Å². The summed E-state index contributed by atoms with van der Waals surface area (Å²) in [7, 11) is -8.70. The van der Waals surface area contributed by atoms with Crippen molar-refractivity contribution in [3.63, 3.8) is 0 Å². The fraction of sp³-hybridized carbons (Fsp3) is 0. The average Bonchev–Trinajstić information content (AvgIpc) is 2.43. The Balaban J connectivity index is 2.46. The van der Waals surface area contributed by atoms with E-state index in [1.807, 2.05) is 4.72 Å². The molecule has 6 nitrogen and oxygen atoms in total. The van der Waals surface area contributed by atoms with Gasteiger partial charge in [-0.2, -0.15) is 0 Å². The summed E-state index contributed by atoms with van der Waals surface area (Å²) < 4.78 is 87.9. The molecule has 0 bridgehead atoms. The summed E-state index contributed by atoms with van der Waals surface area (Å²) in [4.78, 5) is -1.51. The van der Waals surface area contributed by atoms with Crippen molar-refractivity contribution in [2.75, 3.05) is 4.72 Å². The van der Waals surface area contributed by atoms with Gasteiger partial charge >= 0.3 is 0 Å². The fourth-order valence-electron chi connectivity index (χ4n) is 1.66. The Morgan fingerprint density at radius 1 is 0.913 bits per heavy atom. The SMILES string of the molecule is NS(=O)(=O)c1cccc(NS(=O)(=O)c2ccc(F)c(F)c2F)c1. The third-order valence-electron chi connectivity index (χ3n) is 2.70. The van der Waals surface area contributed by atoms with E-state index in [1.165, 1.54) is 12.1 Å². The first-order valence-corrected chi connectivity index (χ1v) is 8.84. The molecule has 2 aromatic rings. The van der Waals surface area contributed by atoms with Crippen LogP contribution in [0.15, 0.2) is 46.2 Å². The lowest BCUT2D eigenvalue weighted by Crippen LogP contribution is -2.17. The molecule has 0 amide bonds. The molecule has 0 aromatic heterocycles. The van der Waals surface area contributed by atoms with E-state index in [4.69, 9.17) is 5.14 Å². The highest BCUT2D eigenvalue weighted by molar-refractivity contribution is 7.92. The second-order valence-corrected chi connectivity index (χ2v) is 7.56. The zero-order valence-corrected chi connectivity index (χ0v) is 12.8. The predicted octanol–water partition coefficient (Wildman–Crippen LogP) is 1.55. The average molecular weight is 366 g/mol. The van der Waals surface area contributed by atoms with Crippen LogP contribution in [0, 0.1) is 17.5 Å². The molecule has 0 aliphatic heterocycles. The van der Waals surface area contributed by atoms with E-state index in [0.717, 1.165) is 12.1 Å². The molecule has 0 radical (unpaired) electrons. The first-order valence-electron chi connectivity index (χ1n) is 5.81. The lowest BCUT2D eigenvalue weighted by Gasteiger charge is -2.10. The summed E-state index contributed by atoms with van der Waals surface area (Å²) in [5.74, 6) is -5.37. The quantitative estimate of drug-likeness (QED) is 0.801. The van der Waals surface area contributed by atoms with Gasteiger partial charge < -0.3 is 0 Å². The molecule has 23 heavy (non-hydrogen) atoms. The van der Waals surface area contributed by atoms with Crippen molar-refractivity contribution in [1.82, 2.24) is 0 Å². The third kappa shape index (κ3) is 3.63. The lowest BCUT2D eigenvalue weighted by molar-refractivity contribution is 0.432. The van der Waals surface area contributed by atoms with E-state index in [-0.39, 0.29) is 10.6 Å². The predicted molar refractivity (Wildman–Crippen MR) is 74.9 cm³/mol. The van der Waals surface area contributed by atoms with Gasteiger partial charge in [0.05, 0.1) is 10.6 Å². The molecule has 0 aliphatic carbocycles. The minimum absolute atomic E-state index is 0.249. The Kier molecular flexibility index (Phi) is 4.37. The molecule has 0 saturated heterocycles. The fourth-order valence-corrected chi connectivity index (χ4v) is 3.34. The maximum absolute atomic E-state index is 13.6. The minimum Gasteiger partial charge on any atom is -0.279 e. The van der Waals surface area contributed by atoms with Gasteiger partial charge in [-0.15, -0.1) is 0 Å². The Bertz CT molecular complexity index is 976. The van der Waals surface area contributed by atoms with Crippen molar-refractivity contribution in [2.45, 2.75) is 9.79 Å². The molecular formula is C12H9F3N2O4S2. The maximum Gasteiger partial charge on any atom is 0.264 e. The Labute approximate surface area is 129 Å². The minimum atomic E-state index is -4.61. The number of sulfonamides is 2. The monoisotopic (exact) mass is 366 g/mol. The van der Waals surface area contributed by atoms with Gasteiger partial charge in [-0.05, 0) is 30.3 Å². The van der Waals surface area contributed by atoms with Gasteiger partial charge in [0, 0.05) is 0 Å². The summed E-state index contributed by atoms with van der Waals surface area (Å²) in [6.07, 6.45) is 0. The van der Waals surface area contributed by atoms with Crippen molar-refractivity contribution < 1.29 is 30.0 Å². The van der Waals surface area contributed by atoms with E-state index >= 15 is 0 Å². The van der Waals surface area contributed by atoms with Gasteiger partial charge in [-0.25, -0.2) is 35.1 Å². The smallest absolute Gasteiger partial charge is 0.264 e. The van der Waals surface area contributed by atoms with Crippen LogP contribution in [0.2, 0.25) is 0 Å². The van der Waals surface area contributed by atoms with Gasteiger partial charge in [0.15, 0.2) is 17.5 Å². The summed E-state index contributed by atoms with van der Waals surface area (Å²) in [5, 5.41) is 4.90. The summed E-state index contributed by atoms with van der Waals surface area (Å²) in [6.45, 7) is 0. The summed E-state index contributed by atoms with van der Waals surface area (Å²) in [5.41, 5.74) is -0.249. The van der Waals surface area contributed by atoms with Gasteiger partial charge in [0.25, 0.3) is 10.0 Å². The number of hydrogen-bond acceptors (Lipinski definition) is 4. The number of hydrogen-bond donors (Lipinski definition) is 2. The highest BCUT2D eigenvalue weighted by atomic mass is 32.2. The first-order chi connectivity index (χ1) is 10.5. The number of primary sulfonamides is 1. The molecule has 0 unspecified atom stereocenters. The molecule has 0 spiro atoms. The molecule has 0 heterocycles. The summed E-state index contributed by atoms with van der Waals surface area (Å²) >= 11 is 0. The molecule has 2 aromatic carbocycles. The number of nitrogens with one attached hydrogen (secondary N) is 1. The van der Waals surface area contributed by atoms with Gasteiger partial charge in [-0.3, -0.25) is 4.72 Å². The molecule has 3 N–H and O–H groups in total. The normalized spacial score (nSPS) is 12.2. The van der Waals surface area contributed by atoms with E-state index < -0.39 is 42.4 Å². The van der Waals surface area contributed by atoms with Crippen molar-refractivity contribution in [2.24, 2.45) is 5.14 Å². The van der Waals surface area contributed by atoms with Gasteiger partial charge in [-0.1, -0.05) is 6.07 Å². The highest BCUT2D eigenvalue weighted by Gasteiger charge is 2.24. The second-order valence-electron chi connectivity index (χ2n) is 4.35. The van der Waals surface area contributed by atoms with Crippen LogP contribution < -0.4 is 9.86 Å². The maximum atomic E-state index is 13.6. The van der Waals surface area contributed by atoms with Crippen LogP contribution in [-0.4, -0.2) is 16.8 Å². The van der Waals surface area contributed by atoms with Crippen LogP contribution in [0.1, 0.15) is 0 Å². The Morgan fingerprint density at radius 2 is 1.57 bits per heavy atom. The number of nitrogens with two attached hydrogens (primary N) is 1. The number of halogens is 3.